The monoisotopic (exact) mass is 595 g/mol. The van der Waals surface area contributed by atoms with E-state index in [0.29, 0.717) is 22.5 Å². The molecule has 1 saturated heterocycles. The quantitative estimate of drug-likeness (QED) is 0.325. The van der Waals surface area contributed by atoms with E-state index in [1.807, 2.05) is 6.07 Å². The number of amides is 2. The highest BCUT2D eigenvalue weighted by Gasteiger charge is 2.32. The minimum absolute atomic E-state index is 0.00450. The molecule has 1 aromatic heterocycles. The molecule has 1 atom stereocenters. The summed E-state index contributed by atoms with van der Waals surface area (Å²) in [5.74, 6) is -1.02. The van der Waals surface area contributed by atoms with Crippen LogP contribution in [0.15, 0.2) is 89.5 Å². The molecule has 2 amide bonds. The van der Waals surface area contributed by atoms with Crippen LogP contribution in [-0.4, -0.2) is 49.2 Å². The van der Waals surface area contributed by atoms with E-state index in [1.54, 1.807) is 60.7 Å². The molecular weight excluding hydrogens is 564 g/mol. The van der Waals surface area contributed by atoms with E-state index in [9.17, 15) is 26.8 Å². The summed E-state index contributed by atoms with van der Waals surface area (Å²) in [7, 11) is -4.38. The van der Waals surface area contributed by atoms with Crippen molar-refractivity contribution in [2.75, 3.05) is 24.1 Å². The summed E-state index contributed by atoms with van der Waals surface area (Å²) in [5.41, 5.74) is 7.93. The van der Waals surface area contributed by atoms with Gasteiger partial charge in [0.05, 0.1) is 23.3 Å². The van der Waals surface area contributed by atoms with E-state index in [2.05, 4.69) is 15.0 Å². The maximum Gasteiger partial charge on any atom is 0.269 e. The van der Waals surface area contributed by atoms with Crippen molar-refractivity contribution in [3.05, 3.63) is 90.3 Å². The second-order valence-corrected chi connectivity index (χ2v) is 11.4. The molecule has 2 aromatic carbocycles. The van der Waals surface area contributed by atoms with Gasteiger partial charge in [-0.3, -0.25) is 14.6 Å². The number of anilines is 2. The van der Waals surface area contributed by atoms with E-state index >= 15 is 0 Å². The van der Waals surface area contributed by atoms with E-state index < -0.39 is 34.0 Å². The normalized spacial score (nSPS) is 14.5. The van der Waals surface area contributed by atoms with E-state index in [-0.39, 0.29) is 48.5 Å². The topological polar surface area (TPSA) is 134 Å². The van der Waals surface area contributed by atoms with Gasteiger partial charge in [-0.2, -0.15) is 13.5 Å². The van der Waals surface area contributed by atoms with Crippen LogP contribution in [0, 0.1) is 0 Å². The molecule has 1 fully saturated rings. The largest absolute Gasteiger partial charge is 0.397 e. The lowest BCUT2D eigenvalue weighted by Crippen LogP contribution is -2.50. The number of rotatable bonds is 9. The predicted molar refractivity (Wildman–Crippen MR) is 158 cm³/mol. The van der Waals surface area contributed by atoms with Crippen LogP contribution in [0.25, 0.3) is 17.2 Å². The van der Waals surface area contributed by atoms with Crippen molar-refractivity contribution in [3.63, 3.8) is 0 Å². The van der Waals surface area contributed by atoms with Crippen LogP contribution in [0.1, 0.15) is 31.9 Å². The third kappa shape index (κ3) is 7.65. The van der Waals surface area contributed by atoms with Crippen LogP contribution in [0.2, 0.25) is 0 Å². The molecule has 0 unspecified atom stereocenters. The summed E-state index contributed by atoms with van der Waals surface area (Å²) in [6, 6.07) is 15.6. The van der Waals surface area contributed by atoms with Crippen LogP contribution in [-0.2, 0) is 19.6 Å². The van der Waals surface area contributed by atoms with Crippen molar-refractivity contribution in [1.82, 2.24) is 14.6 Å². The Labute approximate surface area is 243 Å². The van der Waals surface area contributed by atoms with Crippen molar-refractivity contribution in [1.29, 1.82) is 0 Å². The SMILES string of the molecule is CC(=O)Nc1c(-c2ccccc2)cccc1S(=O)(=O)N[C@@H](CC=Cc1ccc(N)cn1)C(=O)N1CCC(=C(F)F)CC1. The first-order valence-electron chi connectivity index (χ1n) is 13.2. The van der Waals surface area contributed by atoms with Gasteiger partial charge in [0, 0.05) is 25.6 Å². The van der Waals surface area contributed by atoms with Gasteiger partial charge in [-0.15, -0.1) is 0 Å². The van der Waals surface area contributed by atoms with E-state index in [1.165, 1.54) is 24.1 Å². The summed E-state index contributed by atoms with van der Waals surface area (Å²) in [6.45, 7) is 1.34. The fourth-order valence-electron chi connectivity index (χ4n) is 4.62. The third-order valence-electron chi connectivity index (χ3n) is 6.71. The van der Waals surface area contributed by atoms with Gasteiger partial charge in [0.1, 0.15) is 10.9 Å². The Morgan fingerprint density at radius 2 is 1.76 bits per heavy atom. The molecule has 1 aliphatic heterocycles. The molecular formula is C30H31F2N5O4S. The van der Waals surface area contributed by atoms with Gasteiger partial charge in [0.25, 0.3) is 6.08 Å². The fraction of sp³-hybridized carbons (Fsp3) is 0.233. The van der Waals surface area contributed by atoms with Crippen LogP contribution in [0.5, 0.6) is 0 Å². The lowest BCUT2D eigenvalue weighted by Gasteiger charge is -2.31. The Hall–Kier alpha value is -4.42. The second-order valence-electron chi connectivity index (χ2n) is 9.74. The first-order chi connectivity index (χ1) is 20.0. The van der Waals surface area contributed by atoms with Gasteiger partial charge in [0.15, 0.2) is 0 Å². The predicted octanol–water partition coefficient (Wildman–Crippen LogP) is 4.81. The number of carbonyl (C=O) groups is 2. The molecule has 0 radical (unpaired) electrons. The lowest BCUT2D eigenvalue weighted by molar-refractivity contribution is -0.133. The Kier molecular flexibility index (Phi) is 9.81. The molecule has 0 bridgehead atoms. The average molecular weight is 596 g/mol. The molecule has 2 heterocycles. The lowest BCUT2D eigenvalue weighted by atomic mass is 10.0. The maximum absolute atomic E-state index is 13.8. The zero-order valence-corrected chi connectivity index (χ0v) is 23.7. The molecule has 3 aromatic rings. The fourth-order valence-corrected chi connectivity index (χ4v) is 6.00. The zero-order valence-electron chi connectivity index (χ0n) is 22.9. The highest BCUT2D eigenvalue weighted by atomic mass is 32.2. The Bertz CT molecular complexity index is 1600. The molecule has 4 N–H and O–H groups in total. The Morgan fingerprint density at radius 1 is 1.05 bits per heavy atom. The smallest absolute Gasteiger partial charge is 0.269 e. The van der Waals surface area contributed by atoms with Crippen molar-refractivity contribution in [3.8, 4) is 11.1 Å². The molecule has 4 rings (SSSR count). The summed E-state index contributed by atoms with van der Waals surface area (Å²) >= 11 is 0. The minimum atomic E-state index is -4.38. The van der Waals surface area contributed by atoms with Crippen LogP contribution >= 0.6 is 0 Å². The van der Waals surface area contributed by atoms with Crippen molar-refractivity contribution in [2.45, 2.75) is 37.1 Å². The van der Waals surface area contributed by atoms with Crippen molar-refractivity contribution < 1.29 is 26.8 Å². The highest BCUT2D eigenvalue weighted by molar-refractivity contribution is 7.89. The van der Waals surface area contributed by atoms with Crippen LogP contribution in [0.4, 0.5) is 20.2 Å². The van der Waals surface area contributed by atoms with Crippen molar-refractivity contribution in [2.24, 2.45) is 0 Å². The number of pyridine rings is 1. The summed E-state index contributed by atoms with van der Waals surface area (Å²) in [4.78, 5) is 31.0. The van der Waals surface area contributed by atoms with E-state index in [0.717, 1.165) is 0 Å². The summed E-state index contributed by atoms with van der Waals surface area (Å²) in [5, 5.41) is 2.64. The zero-order chi connectivity index (χ0) is 30.3. The van der Waals surface area contributed by atoms with Crippen LogP contribution in [0.3, 0.4) is 0 Å². The van der Waals surface area contributed by atoms with Crippen LogP contribution < -0.4 is 15.8 Å². The number of nitrogens with one attached hydrogen (secondary N) is 2. The average Bonchev–Trinajstić information content (AvgIpc) is 2.97. The highest BCUT2D eigenvalue weighted by Crippen LogP contribution is 2.34. The Morgan fingerprint density at radius 3 is 2.38 bits per heavy atom. The molecule has 42 heavy (non-hydrogen) atoms. The number of likely N-dealkylation sites (tertiary alicyclic amines) is 1. The molecule has 220 valence electrons. The summed E-state index contributed by atoms with van der Waals surface area (Å²) < 4.78 is 56.4. The minimum Gasteiger partial charge on any atom is -0.397 e. The number of halogens is 2. The molecule has 0 spiro atoms. The number of benzene rings is 2. The van der Waals surface area contributed by atoms with Gasteiger partial charge in [0.2, 0.25) is 21.8 Å². The van der Waals surface area contributed by atoms with Gasteiger partial charge in [-0.25, -0.2) is 8.42 Å². The molecule has 9 nitrogen and oxygen atoms in total. The number of hydrogen-bond donors (Lipinski definition) is 3. The number of nitrogen functional groups attached to an aromatic ring is 1. The van der Waals surface area contributed by atoms with Gasteiger partial charge < -0.3 is 16.0 Å². The standard InChI is InChI=1S/C30H31F2N5O4S/c1-20(38)35-28-25(21-7-3-2-4-8-21)10-6-12-27(28)42(40,41)36-26(11-5-9-24-14-13-23(33)19-34-24)30(39)37-17-15-22(16-18-37)29(31)32/h2-10,12-14,19,26,36H,11,15-18,33H2,1H3,(H,35,38)/t26-/m0/s1. The number of sulfonamides is 1. The molecule has 0 aliphatic carbocycles. The number of carbonyl (C=O) groups excluding carboxylic acids is 2. The number of para-hydroxylation sites is 1. The van der Waals surface area contributed by atoms with Crippen molar-refractivity contribution >= 4 is 39.3 Å². The first kappa shape index (κ1) is 30.5. The number of nitrogens with zero attached hydrogens (tertiary/aromatic N) is 2. The second kappa shape index (κ2) is 13.5. The summed E-state index contributed by atoms with van der Waals surface area (Å²) in [6.07, 6.45) is 2.92. The van der Waals surface area contributed by atoms with Gasteiger partial charge in [-0.05, 0) is 54.7 Å². The molecule has 12 heteroatoms. The third-order valence-corrected chi connectivity index (χ3v) is 8.23. The molecule has 0 saturated carbocycles. The molecule has 1 aliphatic rings. The maximum atomic E-state index is 13.8. The number of piperidine rings is 1. The number of nitrogens with two attached hydrogens (primary N) is 1. The van der Waals surface area contributed by atoms with E-state index in [4.69, 9.17) is 5.73 Å². The number of aromatic nitrogens is 1. The van der Waals surface area contributed by atoms with Gasteiger partial charge in [-0.1, -0.05) is 48.5 Å². The van der Waals surface area contributed by atoms with Gasteiger partial charge >= 0.3 is 0 Å². The number of hydrogen-bond acceptors (Lipinski definition) is 6. The Balaban J connectivity index is 1.67. The first-order valence-corrected chi connectivity index (χ1v) is 14.7.